The Kier molecular flexibility index (Phi) is 9.07. The molecule has 0 spiro atoms. The van der Waals surface area contributed by atoms with Gasteiger partial charge < -0.3 is 10.2 Å². The van der Waals surface area contributed by atoms with Crippen molar-refractivity contribution in [1.82, 2.24) is 10.2 Å². The largest absolute Gasteiger partial charge is 0.352 e. The number of nitrogens with zero attached hydrogens (tertiary/aromatic N) is 2. The SMILES string of the molecule is C[C@H](C(=O)NC1CCCC1)N(Cc1cccc(Cl)c1)C(=O)CN(c1ccccc1)S(=O)(=O)c1ccccc1. The van der Waals surface area contributed by atoms with Crippen LogP contribution in [0.5, 0.6) is 0 Å². The molecule has 1 N–H and O–H groups in total. The minimum atomic E-state index is -4.06. The van der Waals surface area contributed by atoms with Crippen molar-refractivity contribution in [1.29, 1.82) is 0 Å². The van der Waals surface area contributed by atoms with E-state index in [9.17, 15) is 18.0 Å². The predicted octanol–water partition coefficient (Wildman–Crippen LogP) is 5.01. The van der Waals surface area contributed by atoms with Gasteiger partial charge in [0.1, 0.15) is 12.6 Å². The summed E-state index contributed by atoms with van der Waals surface area (Å²) in [4.78, 5) is 28.6. The Morgan fingerprint density at radius 1 is 0.947 bits per heavy atom. The van der Waals surface area contributed by atoms with Crippen LogP contribution in [0.3, 0.4) is 0 Å². The molecular formula is C29H32ClN3O4S. The number of amides is 2. The number of hydrogen-bond donors (Lipinski definition) is 1. The van der Waals surface area contributed by atoms with Crippen LogP contribution in [-0.2, 0) is 26.2 Å². The monoisotopic (exact) mass is 553 g/mol. The van der Waals surface area contributed by atoms with Gasteiger partial charge in [-0.15, -0.1) is 0 Å². The van der Waals surface area contributed by atoms with E-state index >= 15 is 0 Å². The minimum absolute atomic E-state index is 0.0741. The summed E-state index contributed by atoms with van der Waals surface area (Å²) in [5.41, 5.74) is 1.10. The summed E-state index contributed by atoms with van der Waals surface area (Å²) in [6.45, 7) is 1.31. The molecule has 1 atom stereocenters. The fourth-order valence-electron chi connectivity index (χ4n) is 4.65. The maximum absolute atomic E-state index is 13.9. The Bertz CT molecular complexity index is 1350. The van der Waals surface area contributed by atoms with Crippen molar-refractivity contribution in [3.63, 3.8) is 0 Å². The Labute approximate surface area is 229 Å². The molecule has 1 saturated carbocycles. The van der Waals surface area contributed by atoms with Gasteiger partial charge >= 0.3 is 0 Å². The first kappa shape index (κ1) is 27.7. The third kappa shape index (κ3) is 6.74. The van der Waals surface area contributed by atoms with Gasteiger partial charge in [-0.05, 0) is 61.7 Å². The van der Waals surface area contributed by atoms with E-state index in [1.54, 1.807) is 73.7 Å². The molecule has 0 radical (unpaired) electrons. The zero-order chi connectivity index (χ0) is 27.1. The fourth-order valence-corrected chi connectivity index (χ4v) is 6.30. The Balaban J connectivity index is 1.66. The number of carbonyl (C=O) groups is 2. The number of nitrogens with one attached hydrogen (secondary N) is 1. The van der Waals surface area contributed by atoms with Crippen LogP contribution in [0, 0.1) is 0 Å². The lowest BCUT2D eigenvalue weighted by atomic mass is 10.1. The topological polar surface area (TPSA) is 86.8 Å². The van der Waals surface area contributed by atoms with Crippen LogP contribution >= 0.6 is 11.6 Å². The van der Waals surface area contributed by atoms with Crippen molar-refractivity contribution in [2.45, 2.75) is 56.1 Å². The van der Waals surface area contributed by atoms with Crippen molar-refractivity contribution in [3.8, 4) is 0 Å². The summed E-state index contributed by atoms with van der Waals surface area (Å²) in [5, 5.41) is 3.57. The number of sulfonamides is 1. The van der Waals surface area contributed by atoms with Gasteiger partial charge in [-0.2, -0.15) is 0 Å². The highest BCUT2D eigenvalue weighted by molar-refractivity contribution is 7.92. The smallest absolute Gasteiger partial charge is 0.264 e. The molecule has 2 amide bonds. The molecule has 4 rings (SSSR count). The number of benzene rings is 3. The highest BCUT2D eigenvalue weighted by Crippen LogP contribution is 2.25. The Morgan fingerprint density at radius 2 is 1.58 bits per heavy atom. The highest BCUT2D eigenvalue weighted by atomic mass is 35.5. The second kappa shape index (κ2) is 12.5. The molecule has 7 nitrogen and oxygen atoms in total. The molecule has 1 aliphatic rings. The second-order valence-corrected chi connectivity index (χ2v) is 11.8. The summed E-state index contributed by atoms with van der Waals surface area (Å²) in [7, 11) is -4.06. The first-order valence-corrected chi connectivity index (χ1v) is 14.5. The lowest BCUT2D eigenvalue weighted by Crippen LogP contribution is -2.52. The van der Waals surface area contributed by atoms with Gasteiger partial charge in [0.05, 0.1) is 10.6 Å². The molecule has 1 aliphatic carbocycles. The second-order valence-electron chi connectivity index (χ2n) is 9.48. The lowest BCUT2D eigenvalue weighted by Gasteiger charge is -2.32. The average Bonchev–Trinajstić information content (AvgIpc) is 3.44. The quantitative estimate of drug-likeness (QED) is 0.382. The molecule has 200 valence electrons. The highest BCUT2D eigenvalue weighted by Gasteiger charge is 2.33. The van der Waals surface area contributed by atoms with Crippen LogP contribution in [-0.4, -0.2) is 43.8 Å². The number of rotatable bonds is 10. The van der Waals surface area contributed by atoms with Crippen molar-refractivity contribution in [2.24, 2.45) is 0 Å². The van der Waals surface area contributed by atoms with E-state index < -0.39 is 28.5 Å². The van der Waals surface area contributed by atoms with Gasteiger partial charge in [-0.3, -0.25) is 13.9 Å². The van der Waals surface area contributed by atoms with Gasteiger partial charge in [0, 0.05) is 17.6 Å². The van der Waals surface area contributed by atoms with Gasteiger partial charge in [0.15, 0.2) is 0 Å². The van der Waals surface area contributed by atoms with Crippen LogP contribution in [0.15, 0.2) is 89.8 Å². The van der Waals surface area contributed by atoms with E-state index in [2.05, 4.69) is 5.32 Å². The van der Waals surface area contributed by atoms with Crippen LogP contribution in [0.4, 0.5) is 5.69 Å². The Hall–Kier alpha value is -3.36. The summed E-state index contributed by atoms with van der Waals surface area (Å²) in [6.07, 6.45) is 3.96. The first-order chi connectivity index (χ1) is 18.3. The maximum atomic E-state index is 13.9. The van der Waals surface area contributed by atoms with Crippen LogP contribution in [0.1, 0.15) is 38.2 Å². The number of hydrogen-bond acceptors (Lipinski definition) is 4. The van der Waals surface area contributed by atoms with E-state index in [1.807, 2.05) is 6.07 Å². The van der Waals surface area contributed by atoms with Crippen LogP contribution in [0.2, 0.25) is 5.02 Å². The van der Waals surface area contributed by atoms with Crippen molar-refractivity contribution < 1.29 is 18.0 Å². The molecule has 3 aromatic carbocycles. The molecule has 0 aromatic heterocycles. The van der Waals surface area contributed by atoms with Gasteiger partial charge in [0.2, 0.25) is 11.8 Å². The molecule has 0 aliphatic heterocycles. The molecule has 38 heavy (non-hydrogen) atoms. The third-order valence-corrected chi connectivity index (χ3v) is 8.79. The summed E-state index contributed by atoms with van der Waals surface area (Å²) >= 11 is 6.19. The Morgan fingerprint density at radius 3 is 2.21 bits per heavy atom. The van der Waals surface area contributed by atoms with E-state index in [-0.39, 0.29) is 23.4 Å². The minimum Gasteiger partial charge on any atom is -0.352 e. The summed E-state index contributed by atoms with van der Waals surface area (Å²) in [6, 6.07) is 22.8. The van der Waals surface area contributed by atoms with Crippen molar-refractivity contribution in [2.75, 3.05) is 10.8 Å². The van der Waals surface area contributed by atoms with E-state index in [0.29, 0.717) is 10.7 Å². The zero-order valence-electron chi connectivity index (χ0n) is 21.3. The molecule has 9 heteroatoms. The number of para-hydroxylation sites is 1. The van der Waals surface area contributed by atoms with Gasteiger partial charge in [-0.25, -0.2) is 8.42 Å². The van der Waals surface area contributed by atoms with Crippen molar-refractivity contribution in [3.05, 3.63) is 95.5 Å². The van der Waals surface area contributed by atoms with E-state index in [0.717, 1.165) is 35.6 Å². The molecule has 0 heterocycles. The summed E-state index contributed by atoms with van der Waals surface area (Å²) < 4.78 is 28.5. The first-order valence-electron chi connectivity index (χ1n) is 12.7. The standard InChI is InChI=1S/C29H32ClN3O4S/c1-22(29(35)31-25-13-8-9-14-25)32(20-23-11-10-12-24(30)19-23)28(34)21-33(26-15-4-2-5-16-26)38(36,37)27-17-6-3-7-18-27/h2-7,10-12,15-19,22,25H,8-9,13-14,20-21H2,1H3,(H,31,35)/t22-/m1/s1. The number of carbonyl (C=O) groups excluding carboxylic acids is 2. The predicted molar refractivity (Wildman–Crippen MR) is 149 cm³/mol. The molecule has 0 bridgehead atoms. The lowest BCUT2D eigenvalue weighted by molar-refractivity contribution is -0.139. The zero-order valence-corrected chi connectivity index (χ0v) is 22.9. The third-order valence-electron chi connectivity index (χ3n) is 6.77. The molecule has 1 fully saturated rings. The van der Waals surface area contributed by atoms with E-state index in [4.69, 9.17) is 11.6 Å². The molecule has 0 saturated heterocycles. The maximum Gasteiger partial charge on any atom is 0.264 e. The number of anilines is 1. The number of halogens is 1. The molecule has 0 unspecified atom stereocenters. The van der Waals surface area contributed by atoms with Crippen LogP contribution in [0.25, 0.3) is 0 Å². The van der Waals surface area contributed by atoms with Gasteiger partial charge in [-0.1, -0.05) is 73.0 Å². The normalized spacial score (nSPS) is 14.6. The van der Waals surface area contributed by atoms with Crippen molar-refractivity contribution >= 4 is 39.1 Å². The van der Waals surface area contributed by atoms with E-state index in [1.165, 1.54) is 17.0 Å². The van der Waals surface area contributed by atoms with Crippen LogP contribution < -0.4 is 9.62 Å². The van der Waals surface area contributed by atoms with Gasteiger partial charge in [0.25, 0.3) is 10.0 Å². The average molecular weight is 554 g/mol. The summed E-state index contributed by atoms with van der Waals surface area (Å²) in [5.74, 6) is -0.758. The fraction of sp³-hybridized carbons (Fsp3) is 0.310. The molecule has 3 aromatic rings. The molecular weight excluding hydrogens is 522 g/mol.